The monoisotopic (exact) mass is 281 g/mol. The molecule has 2 amide bonds. The van der Waals surface area contributed by atoms with Crippen LogP contribution in [-0.2, 0) is 4.79 Å². The summed E-state index contributed by atoms with van der Waals surface area (Å²) in [6.07, 6.45) is 3.02. The molecule has 2 heterocycles. The number of nitrogens with zero attached hydrogens (tertiary/aromatic N) is 3. The maximum atomic E-state index is 12.4. The molecule has 1 aliphatic rings. The number of carbonyl (C=O) groups is 2. The summed E-state index contributed by atoms with van der Waals surface area (Å²) in [4.78, 5) is 31.5. The molecule has 0 saturated carbocycles. The lowest BCUT2D eigenvalue weighted by atomic mass is 10.2. The van der Waals surface area contributed by atoms with E-state index in [1.807, 2.05) is 0 Å². The number of likely N-dealkylation sites (N-methyl/N-ethyl adjacent to an activating group) is 1. The first-order valence-corrected chi connectivity index (χ1v) is 6.52. The molecule has 2 rings (SSSR count). The lowest BCUT2D eigenvalue weighted by molar-refractivity contribution is -0.132. The molecule has 0 bridgehead atoms. The summed E-state index contributed by atoms with van der Waals surface area (Å²) in [6.45, 7) is 0.581. The first kappa shape index (κ1) is 13.8. The maximum Gasteiger partial charge on any atom is 0.273 e. The Morgan fingerprint density at radius 1 is 1.47 bits per heavy atom. The number of hydrogen-bond donors (Lipinski definition) is 0. The highest BCUT2D eigenvalue weighted by Gasteiger charge is 2.35. The second kappa shape index (κ2) is 5.57. The van der Waals surface area contributed by atoms with Crippen LogP contribution in [0.5, 0.6) is 0 Å². The molecule has 1 atom stereocenters. The predicted octanol–water partition coefficient (Wildman–Crippen LogP) is 1.43. The summed E-state index contributed by atoms with van der Waals surface area (Å²) in [7, 11) is 3.39. The van der Waals surface area contributed by atoms with Crippen LogP contribution in [-0.4, -0.2) is 53.3 Å². The van der Waals surface area contributed by atoms with Gasteiger partial charge in [0, 0.05) is 31.9 Å². The molecule has 19 heavy (non-hydrogen) atoms. The van der Waals surface area contributed by atoms with Crippen molar-refractivity contribution >= 4 is 23.4 Å². The third kappa shape index (κ3) is 2.87. The topological polar surface area (TPSA) is 53.5 Å². The van der Waals surface area contributed by atoms with Crippen molar-refractivity contribution in [3.63, 3.8) is 0 Å². The van der Waals surface area contributed by atoms with Crippen LogP contribution < -0.4 is 0 Å². The van der Waals surface area contributed by atoms with E-state index >= 15 is 0 Å². The fourth-order valence-electron chi connectivity index (χ4n) is 2.23. The number of halogens is 1. The van der Waals surface area contributed by atoms with Crippen molar-refractivity contribution in [3.05, 3.63) is 29.0 Å². The SMILES string of the molecule is CN(C)C(=O)C1CCCN1C(=O)c1cc(Cl)ccn1. The zero-order chi connectivity index (χ0) is 14.0. The van der Waals surface area contributed by atoms with E-state index < -0.39 is 0 Å². The van der Waals surface area contributed by atoms with Crippen LogP contribution >= 0.6 is 11.6 Å². The summed E-state index contributed by atoms with van der Waals surface area (Å²) in [5, 5.41) is 0.466. The van der Waals surface area contributed by atoms with Crippen LogP contribution in [0.4, 0.5) is 0 Å². The molecular weight excluding hydrogens is 266 g/mol. The van der Waals surface area contributed by atoms with E-state index in [0.29, 0.717) is 18.0 Å². The van der Waals surface area contributed by atoms with Crippen molar-refractivity contribution in [3.8, 4) is 0 Å². The molecule has 0 aromatic carbocycles. The van der Waals surface area contributed by atoms with Crippen molar-refractivity contribution < 1.29 is 9.59 Å². The lowest BCUT2D eigenvalue weighted by Crippen LogP contribution is -2.45. The molecule has 0 N–H and O–H groups in total. The second-order valence-corrected chi connectivity index (χ2v) is 5.18. The van der Waals surface area contributed by atoms with Gasteiger partial charge in [0.15, 0.2) is 0 Å². The normalized spacial score (nSPS) is 18.5. The van der Waals surface area contributed by atoms with Gasteiger partial charge in [0.1, 0.15) is 11.7 Å². The van der Waals surface area contributed by atoms with Gasteiger partial charge in [0.2, 0.25) is 5.91 Å². The third-order valence-electron chi connectivity index (χ3n) is 3.18. The molecule has 1 aromatic rings. The van der Waals surface area contributed by atoms with Gasteiger partial charge in [-0.2, -0.15) is 0 Å². The molecule has 0 radical (unpaired) electrons. The van der Waals surface area contributed by atoms with Crippen LogP contribution in [0.1, 0.15) is 23.3 Å². The van der Waals surface area contributed by atoms with Crippen molar-refractivity contribution in [2.45, 2.75) is 18.9 Å². The Hall–Kier alpha value is -1.62. The zero-order valence-corrected chi connectivity index (χ0v) is 11.7. The van der Waals surface area contributed by atoms with Crippen molar-refractivity contribution in [1.29, 1.82) is 0 Å². The fraction of sp³-hybridized carbons (Fsp3) is 0.462. The van der Waals surface area contributed by atoms with Gasteiger partial charge in [-0.1, -0.05) is 11.6 Å². The van der Waals surface area contributed by atoms with Gasteiger partial charge < -0.3 is 9.80 Å². The third-order valence-corrected chi connectivity index (χ3v) is 3.42. The predicted molar refractivity (Wildman–Crippen MR) is 72.0 cm³/mol. The number of aromatic nitrogens is 1. The van der Waals surface area contributed by atoms with Gasteiger partial charge in [-0.25, -0.2) is 0 Å². The molecule has 1 aromatic heterocycles. The number of carbonyl (C=O) groups excluding carboxylic acids is 2. The number of rotatable bonds is 2. The van der Waals surface area contributed by atoms with E-state index in [9.17, 15) is 9.59 Å². The highest BCUT2D eigenvalue weighted by Crippen LogP contribution is 2.21. The van der Waals surface area contributed by atoms with E-state index in [2.05, 4.69) is 4.98 Å². The fourth-order valence-corrected chi connectivity index (χ4v) is 2.39. The Kier molecular flexibility index (Phi) is 4.04. The van der Waals surface area contributed by atoms with E-state index in [-0.39, 0.29) is 23.6 Å². The Morgan fingerprint density at radius 2 is 2.21 bits per heavy atom. The van der Waals surface area contributed by atoms with E-state index in [0.717, 1.165) is 6.42 Å². The van der Waals surface area contributed by atoms with E-state index in [4.69, 9.17) is 11.6 Å². The van der Waals surface area contributed by atoms with Gasteiger partial charge in [-0.3, -0.25) is 14.6 Å². The minimum Gasteiger partial charge on any atom is -0.347 e. The Bertz CT molecular complexity index is 504. The van der Waals surface area contributed by atoms with Crippen LogP contribution in [0.2, 0.25) is 5.02 Å². The van der Waals surface area contributed by atoms with Crippen LogP contribution in [0, 0.1) is 0 Å². The smallest absolute Gasteiger partial charge is 0.273 e. The molecular formula is C13H16ClN3O2. The Labute approximate surface area is 117 Å². The molecule has 1 saturated heterocycles. The summed E-state index contributed by atoms with van der Waals surface area (Å²) in [6, 6.07) is 2.76. The van der Waals surface area contributed by atoms with Crippen LogP contribution in [0.25, 0.3) is 0 Å². The van der Waals surface area contributed by atoms with Gasteiger partial charge in [0.05, 0.1) is 0 Å². The first-order chi connectivity index (χ1) is 9.00. The van der Waals surface area contributed by atoms with Gasteiger partial charge in [-0.15, -0.1) is 0 Å². The molecule has 1 aliphatic heterocycles. The molecule has 1 unspecified atom stereocenters. The minimum absolute atomic E-state index is 0.0483. The standard InChI is InChI=1S/C13H16ClN3O2/c1-16(2)13(19)11-4-3-7-17(11)12(18)10-8-9(14)5-6-15-10/h5-6,8,11H,3-4,7H2,1-2H3. The quantitative estimate of drug-likeness (QED) is 0.824. The molecule has 5 nitrogen and oxygen atoms in total. The number of likely N-dealkylation sites (tertiary alicyclic amines) is 1. The summed E-state index contributed by atoms with van der Waals surface area (Å²) >= 11 is 5.86. The van der Waals surface area contributed by atoms with E-state index in [1.54, 1.807) is 25.1 Å². The van der Waals surface area contributed by atoms with Crippen molar-refractivity contribution in [2.75, 3.05) is 20.6 Å². The number of hydrogen-bond acceptors (Lipinski definition) is 3. The summed E-state index contributed by atoms with van der Waals surface area (Å²) in [5.41, 5.74) is 0.283. The summed E-state index contributed by atoms with van der Waals surface area (Å²) < 4.78 is 0. The first-order valence-electron chi connectivity index (χ1n) is 6.14. The van der Waals surface area contributed by atoms with Crippen molar-refractivity contribution in [1.82, 2.24) is 14.8 Å². The van der Waals surface area contributed by atoms with Crippen LogP contribution in [0.3, 0.4) is 0 Å². The minimum atomic E-state index is -0.386. The lowest BCUT2D eigenvalue weighted by Gasteiger charge is -2.25. The van der Waals surface area contributed by atoms with Crippen molar-refractivity contribution in [2.24, 2.45) is 0 Å². The number of pyridine rings is 1. The molecule has 1 fully saturated rings. The molecule has 0 aliphatic carbocycles. The maximum absolute atomic E-state index is 12.4. The van der Waals surface area contributed by atoms with Gasteiger partial charge in [-0.05, 0) is 25.0 Å². The average Bonchev–Trinajstić information content (AvgIpc) is 2.85. The second-order valence-electron chi connectivity index (χ2n) is 4.75. The molecule has 0 spiro atoms. The van der Waals surface area contributed by atoms with Gasteiger partial charge >= 0.3 is 0 Å². The molecule has 6 heteroatoms. The largest absolute Gasteiger partial charge is 0.347 e. The zero-order valence-electron chi connectivity index (χ0n) is 11.0. The summed E-state index contributed by atoms with van der Waals surface area (Å²) in [5.74, 6) is -0.284. The Morgan fingerprint density at radius 3 is 2.84 bits per heavy atom. The number of amides is 2. The highest BCUT2D eigenvalue weighted by molar-refractivity contribution is 6.30. The Balaban J connectivity index is 2.21. The van der Waals surface area contributed by atoms with E-state index in [1.165, 1.54) is 17.2 Å². The van der Waals surface area contributed by atoms with Gasteiger partial charge in [0.25, 0.3) is 5.91 Å². The molecule has 102 valence electrons. The highest BCUT2D eigenvalue weighted by atomic mass is 35.5. The average molecular weight is 282 g/mol. The van der Waals surface area contributed by atoms with Crippen LogP contribution in [0.15, 0.2) is 18.3 Å².